The third kappa shape index (κ3) is 2.36. The third-order valence-electron chi connectivity index (χ3n) is 3.65. The van der Waals surface area contributed by atoms with Crippen molar-refractivity contribution in [3.05, 3.63) is 33.3 Å². The van der Waals surface area contributed by atoms with Gasteiger partial charge in [0.15, 0.2) is 17.5 Å². The molecule has 1 atom stereocenters. The van der Waals surface area contributed by atoms with Crippen LogP contribution in [0.2, 0.25) is 10.0 Å². The van der Waals surface area contributed by atoms with Gasteiger partial charge in [-0.3, -0.25) is 14.4 Å². The highest BCUT2D eigenvalue weighted by Crippen LogP contribution is 2.43. The molecule has 6 heteroatoms. The number of Topliss-reactive ketones (excluding diaryl/α,β-unsaturated/α-hetero) is 2. The van der Waals surface area contributed by atoms with Crippen LogP contribution in [0.1, 0.15) is 36.7 Å². The van der Waals surface area contributed by atoms with Gasteiger partial charge in [-0.1, -0.05) is 23.2 Å². The van der Waals surface area contributed by atoms with Crippen molar-refractivity contribution in [2.24, 2.45) is 5.92 Å². The number of carbonyl (C=O) groups excluding carboxylic acids is 3. The van der Waals surface area contributed by atoms with Gasteiger partial charge >= 0.3 is 5.97 Å². The molecule has 4 nitrogen and oxygen atoms in total. The second-order valence-corrected chi connectivity index (χ2v) is 6.11. The summed E-state index contributed by atoms with van der Waals surface area (Å²) >= 11 is 12.1. The lowest BCUT2D eigenvalue weighted by molar-refractivity contribution is -0.150. The highest BCUT2D eigenvalue weighted by molar-refractivity contribution is 6.44. The normalized spacial score (nSPS) is 20.1. The summed E-state index contributed by atoms with van der Waals surface area (Å²) in [5.41, 5.74) is -0.484. The van der Waals surface area contributed by atoms with Crippen LogP contribution in [0.15, 0.2) is 12.1 Å². The van der Waals surface area contributed by atoms with E-state index in [-0.39, 0.29) is 22.2 Å². The van der Waals surface area contributed by atoms with Crippen molar-refractivity contribution < 1.29 is 19.1 Å². The predicted molar refractivity (Wildman–Crippen MR) is 78.9 cm³/mol. The Morgan fingerprint density at radius 2 is 1.90 bits per heavy atom. The molecule has 1 aromatic rings. The molecule has 0 spiro atoms. The lowest BCUT2D eigenvalue weighted by Gasteiger charge is -2.34. The molecule has 0 aliphatic heterocycles. The lowest BCUT2D eigenvalue weighted by Crippen LogP contribution is -2.48. The summed E-state index contributed by atoms with van der Waals surface area (Å²) in [6.07, 6.45) is 0. The van der Waals surface area contributed by atoms with Crippen molar-refractivity contribution in [1.82, 2.24) is 0 Å². The monoisotopic (exact) mass is 328 g/mol. The maximum absolute atomic E-state index is 12.6. The molecule has 1 aromatic carbocycles. The van der Waals surface area contributed by atoms with E-state index in [2.05, 4.69) is 0 Å². The van der Waals surface area contributed by atoms with Crippen LogP contribution in [-0.2, 0) is 19.7 Å². The van der Waals surface area contributed by atoms with E-state index in [0.29, 0.717) is 5.56 Å². The Kier molecular flexibility index (Phi) is 4.13. The highest BCUT2D eigenvalue weighted by Gasteiger charge is 2.51. The zero-order valence-corrected chi connectivity index (χ0v) is 13.3. The van der Waals surface area contributed by atoms with Gasteiger partial charge in [0, 0.05) is 5.56 Å². The minimum Gasteiger partial charge on any atom is -0.465 e. The maximum Gasteiger partial charge on any atom is 0.324 e. The summed E-state index contributed by atoms with van der Waals surface area (Å²) in [5.74, 6) is -3.38. The Morgan fingerprint density at radius 1 is 1.29 bits per heavy atom. The van der Waals surface area contributed by atoms with E-state index < -0.39 is 28.9 Å². The molecular formula is C15H14Cl2O4. The summed E-state index contributed by atoms with van der Waals surface area (Å²) in [6, 6.07) is 2.97. The number of carbonyl (C=O) groups is 3. The minimum absolute atomic E-state index is 0.102. The van der Waals surface area contributed by atoms with Crippen LogP contribution in [0.4, 0.5) is 0 Å². The molecule has 2 rings (SSSR count). The number of hydrogen-bond acceptors (Lipinski definition) is 4. The predicted octanol–water partition coefficient (Wildman–Crippen LogP) is 3.22. The fourth-order valence-corrected chi connectivity index (χ4v) is 3.12. The van der Waals surface area contributed by atoms with Gasteiger partial charge in [-0.25, -0.2) is 0 Å². The van der Waals surface area contributed by atoms with Gasteiger partial charge in [0.25, 0.3) is 0 Å². The Hall–Kier alpha value is -1.39. The summed E-state index contributed by atoms with van der Waals surface area (Å²) in [7, 11) is 0. The Balaban J connectivity index is 2.67. The number of benzene rings is 1. The average molecular weight is 329 g/mol. The van der Waals surface area contributed by atoms with Gasteiger partial charge in [0.2, 0.25) is 0 Å². The highest BCUT2D eigenvalue weighted by atomic mass is 35.5. The van der Waals surface area contributed by atoms with Crippen LogP contribution >= 0.6 is 23.2 Å². The van der Waals surface area contributed by atoms with Crippen LogP contribution in [0.5, 0.6) is 0 Å². The molecule has 0 fully saturated rings. The van der Waals surface area contributed by atoms with E-state index in [1.54, 1.807) is 20.8 Å². The molecule has 0 bridgehead atoms. The first kappa shape index (κ1) is 16.0. The zero-order valence-electron chi connectivity index (χ0n) is 11.8. The second-order valence-electron chi connectivity index (χ2n) is 5.32. The molecular weight excluding hydrogens is 315 g/mol. The minimum atomic E-state index is -1.44. The molecule has 21 heavy (non-hydrogen) atoms. The van der Waals surface area contributed by atoms with Gasteiger partial charge in [0.05, 0.1) is 22.1 Å². The number of ketones is 2. The van der Waals surface area contributed by atoms with Gasteiger partial charge in [-0.15, -0.1) is 0 Å². The second kappa shape index (κ2) is 5.43. The van der Waals surface area contributed by atoms with Crippen molar-refractivity contribution in [3.8, 4) is 0 Å². The number of fused-ring (bicyclic) bond motifs is 1. The molecule has 0 radical (unpaired) electrons. The molecule has 0 aromatic heterocycles. The smallest absolute Gasteiger partial charge is 0.324 e. The molecule has 112 valence electrons. The standard InChI is InChI=1S/C15H14Cl2O4/c1-4-21-14(20)9-12(18)7-5-6-8(16)11(17)10(7)15(2,3)13(9)19/h5-6,9H,4H2,1-3H3. The van der Waals surface area contributed by atoms with Crippen molar-refractivity contribution in [2.45, 2.75) is 26.2 Å². The van der Waals surface area contributed by atoms with E-state index in [4.69, 9.17) is 27.9 Å². The molecule has 1 aliphatic carbocycles. The number of hydrogen-bond donors (Lipinski definition) is 0. The SMILES string of the molecule is CCOC(=O)C1C(=O)c2ccc(Cl)c(Cl)c2C(C)(C)C1=O. The fraction of sp³-hybridized carbons (Fsp3) is 0.400. The van der Waals surface area contributed by atoms with E-state index in [0.717, 1.165) is 0 Å². The molecule has 0 N–H and O–H groups in total. The molecule has 0 saturated heterocycles. The van der Waals surface area contributed by atoms with Gasteiger partial charge in [-0.05, 0) is 38.5 Å². The topological polar surface area (TPSA) is 60.4 Å². The largest absolute Gasteiger partial charge is 0.465 e. The Labute approximate surface area is 132 Å². The molecule has 0 heterocycles. The molecule has 1 aliphatic rings. The first-order valence-corrected chi connectivity index (χ1v) is 7.22. The van der Waals surface area contributed by atoms with Crippen molar-refractivity contribution in [2.75, 3.05) is 6.61 Å². The summed E-state index contributed by atoms with van der Waals surface area (Å²) in [6.45, 7) is 4.96. The van der Waals surface area contributed by atoms with E-state index in [1.807, 2.05) is 0 Å². The van der Waals surface area contributed by atoms with Crippen LogP contribution < -0.4 is 0 Å². The van der Waals surface area contributed by atoms with Crippen LogP contribution in [0.3, 0.4) is 0 Å². The summed E-state index contributed by atoms with van der Waals surface area (Å²) < 4.78 is 4.84. The number of rotatable bonds is 2. The van der Waals surface area contributed by atoms with Gasteiger partial charge in [0.1, 0.15) is 0 Å². The summed E-state index contributed by atoms with van der Waals surface area (Å²) in [5, 5.41) is 0.432. The zero-order chi connectivity index (χ0) is 15.9. The molecule has 0 amide bonds. The van der Waals surface area contributed by atoms with E-state index in [9.17, 15) is 14.4 Å². The van der Waals surface area contributed by atoms with Crippen molar-refractivity contribution in [1.29, 1.82) is 0 Å². The van der Waals surface area contributed by atoms with E-state index >= 15 is 0 Å². The molecule has 0 saturated carbocycles. The van der Waals surface area contributed by atoms with Gasteiger partial charge < -0.3 is 4.74 Å². The Morgan fingerprint density at radius 3 is 2.48 bits per heavy atom. The lowest BCUT2D eigenvalue weighted by atomic mass is 9.66. The van der Waals surface area contributed by atoms with Crippen molar-refractivity contribution >= 4 is 40.7 Å². The first-order valence-electron chi connectivity index (χ1n) is 6.47. The summed E-state index contributed by atoms with van der Waals surface area (Å²) in [4.78, 5) is 37.0. The number of esters is 1. The van der Waals surface area contributed by atoms with Crippen LogP contribution in [-0.4, -0.2) is 24.1 Å². The van der Waals surface area contributed by atoms with Gasteiger partial charge in [-0.2, -0.15) is 0 Å². The fourth-order valence-electron chi connectivity index (χ4n) is 2.57. The quantitative estimate of drug-likeness (QED) is 0.617. The molecule has 1 unspecified atom stereocenters. The number of halogens is 2. The Bertz CT molecular complexity index is 649. The maximum atomic E-state index is 12.6. The third-order valence-corrected chi connectivity index (χ3v) is 4.45. The number of ether oxygens (including phenoxy) is 1. The van der Waals surface area contributed by atoms with E-state index in [1.165, 1.54) is 12.1 Å². The van der Waals surface area contributed by atoms with Crippen molar-refractivity contribution in [3.63, 3.8) is 0 Å². The van der Waals surface area contributed by atoms with Crippen LogP contribution in [0, 0.1) is 5.92 Å². The van der Waals surface area contributed by atoms with Crippen LogP contribution in [0.25, 0.3) is 0 Å². The first-order chi connectivity index (χ1) is 9.73. The average Bonchev–Trinajstić information content (AvgIpc) is 2.40.